The number of rotatable bonds is 13. The van der Waals surface area contributed by atoms with Crippen LogP contribution in [0.25, 0.3) is 0 Å². The molecule has 1 aromatic heterocycles. The minimum absolute atomic E-state index is 0.0150. The van der Waals surface area contributed by atoms with Crippen molar-refractivity contribution in [1.29, 1.82) is 0 Å². The number of aliphatic hydroxyl groups is 1. The Bertz CT molecular complexity index is 772. The maximum absolute atomic E-state index is 12.7. The van der Waals surface area contributed by atoms with E-state index in [1.54, 1.807) is 0 Å². The SMILES string of the molecule is CC(C)CC(NC(=O)C(CS)NC(=O)C(NC(=O)C(N)Cc1cnc[nH]1)C(C)O)C(=O)O. The van der Waals surface area contributed by atoms with Crippen LogP contribution in [0, 0.1) is 5.92 Å². The van der Waals surface area contributed by atoms with Gasteiger partial charge in [0.15, 0.2) is 0 Å². The van der Waals surface area contributed by atoms with E-state index < -0.39 is 54.0 Å². The Hall–Kier alpha value is -2.64. The summed E-state index contributed by atoms with van der Waals surface area (Å²) in [6.07, 6.45) is 1.98. The molecule has 0 saturated heterocycles. The van der Waals surface area contributed by atoms with Gasteiger partial charge in [-0.3, -0.25) is 14.4 Å². The number of nitrogens with two attached hydrogens (primary N) is 1. The molecule has 0 radical (unpaired) electrons. The fourth-order valence-electron chi connectivity index (χ4n) is 2.81. The number of nitrogens with zero attached hydrogens (tertiary/aromatic N) is 1. The highest BCUT2D eigenvalue weighted by atomic mass is 32.1. The standard InChI is InChI=1S/C19H32N6O6S/c1-9(2)4-13(19(30)31)23-17(28)14(7-32)24-18(29)15(10(3)26)25-16(27)12(20)5-11-6-21-8-22-11/h6,8-10,12-15,26,32H,4-5,7,20H2,1-3H3,(H,21,22)(H,23,28)(H,24,29)(H,25,27)(H,30,31). The van der Waals surface area contributed by atoms with Gasteiger partial charge in [-0.15, -0.1) is 0 Å². The fraction of sp³-hybridized carbons (Fsp3) is 0.632. The Balaban J connectivity index is 2.78. The zero-order valence-corrected chi connectivity index (χ0v) is 19.1. The third-order valence-electron chi connectivity index (χ3n) is 4.53. The van der Waals surface area contributed by atoms with E-state index in [4.69, 9.17) is 5.73 Å². The number of thiol groups is 1. The molecule has 5 atom stereocenters. The summed E-state index contributed by atoms with van der Waals surface area (Å²) >= 11 is 4.04. The lowest BCUT2D eigenvalue weighted by Gasteiger charge is -2.26. The largest absolute Gasteiger partial charge is 0.480 e. The zero-order valence-electron chi connectivity index (χ0n) is 18.2. The summed E-state index contributed by atoms with van der Waals surface area (Å²) in [5, 5.41) is 26.4. The van der Waals surface area contributed by atoms with Crippen LogP contribution in [-0.2, 0) is 25.6 Å². The van der Waals surface area contributed by atoms with Crippen molar-refractivity contribution in [2.45, 2.75) is 63.9 Å². The van der Waals surface area contributed by atoms with Crippen LogP contribution in [0.5, 0.6) is 0 Å². The third kappa shape index (κ3) is 8.85. The number of carbonyl (C=O) groups excluding carboxylic acids is 3. The van der Waals surface area contributed by atoms with Crippen LogP contribution in [0.15, 0.2) is 12.5 Å². The number of carboxylic acids is 1. The van der Waals surface area contributed by atoms with Crippen LogP contribution < -0.4 is 21.7 Å². The Morgan fingerprint density at radius 3 is 2.19 bits per heavy atom. The molecule has 0 aliphatic carbocycles. The van der Waals surface area contributed by atoms with E-state index >= 15 is 0 Å². The molecule has 0 spiro atoms. The molecular weight excluding hydrogens is 440 g/mol. The first-order valence-corrected chi connectivity index (χ1v) is 10.7. The lowest BCUT2D eigenvalue weighted by Crippen LogP contribution is -2.60. The van der Waals surface area contributed by atoms with Crippen LogP contribution in [-0.4, -0.2) is 79.9 Å². The second kappa shape index (κ2) is 13.0. The van der Waals surface area contributed by atoms with Crippen LogP contribution in [0.4, 0.5) is 0 Å². The molecule has 0 aromatic carbocycles. The summed E-state index contributed by atoms with van der Waals surface area (Å²) in [7, 11) is 0. The van der Waals surface area contributed by atoms with Crippen molar-refractivity contribution >= 4 is 36.3 Å². The third-order valence-corrected chi connectivity index (χ3v) is 4.90. The van der Waals surface area contributed by atoms with Gasteiger partial charge in [-0.2, -0.15) is 12.6 Å². The molecule has 0 saturated carbocycles. The average Bonchev–Trinajstić information content (AvgIpc) is 3.21. The number of aromatic nitrogens is 2. The highest BCUT2D eigenvalue weighted by Gasteiger charge is 2.32. The summed E-state index contributed by atoms with van der Waals surface area (Å²) in [6, 6.07) is -4.72. The van der Waals surface area contributed by atoms with Gasteiger partial charge in [-0.05, 0) is 19.3 Å². The normalized spacial score (nSPS) is 15.8. The van der Waals surface area contributed by atoms with Gasteiger partial charge in [0.05, 0.1) is 18.5 Å². The molecule has 1 heterocycles. The number of nitrogens with one attached hydrogen (secondary N) is 4. The highest BCUT2D eigenvalue weighted by Crippen LogP contribution is 2.06. The Kier molecular flexibility index (Phi) is 11.2. The summed E-state index contributed by atoms with van der Waals surface area (Å²) < 4.78 is 0. The number of aliphatic hydroxyl groups excluding tert-OH is 1. The Morgan fingerprint density at radius 2 is 1.72 bits per heavy atom. The van der Waals surface area contributed by atoms with Gasteiger partial charge in [0, 0.05) is 24.1 Å². The molecule has 8 N–H and O–H groups in total. The average molecular weight is 473 g/mol. The molecule has 180 valence electrons. The second-order valence-electron chi connectivity index (χ2n) is 7.89. The second-order valence-corrected chi connectivity index (χ2v) is 8.25. The van der Waals surface area contributed by atoms with Gasteiger partial charge in [-0.1, -0.05) is 13.8 Å². The van der Waals surface area contributed by atoms with E-state index in [1.807, 2.05) is 13.8 Å². The van der Waals surface area contributed by atoms with E-state index in [0.29, 0.717) is 5.69 Å². The van der Waals surface area contributed by atoms with Gasteiger partial charge in [-0.25, -0.2) is 9.78 Å². The first-order valence-electron chi connectivity index (χ1n) is 10.1. The van der Waals surface area contributed by atoms with Gasteiger partial charge < -0.3 is 36.9 Å². The smallest absolute Gasteiger partial charge is 0.326 e. The van der Waals surface area contributed by atoms with Crippen molar-refractivity contribution in [3.63, 3.8) is 0 Å². The molecule has 5 unspecified atom stereocenters. The molecule has 1 aromatic rings. The number of carboxylic acid groups (broad SMARTS) is 1. The van der Waals surface area contributed by atoms with E-state index in [-0.39, 0.29) is 24.5 Å². The summed E-state index contributed by atoms with van der Waals surface area (Å²) in [4.78, 5) is 55.5. The van der Waals surface area contributed by atoms with Crippen LogP contribution in [0.2, 0.25) is 0 Å². The van der Waals surface area contributed by atoms with E-state index in [2.05, 4.69) is 38.5 Å². The van der Waals surface area contributed by atoms with Crippen molar-refractivity contribution in [3.05, 3.63) is 18.2 Å². The molecule has 0 fully saturated rings. The number of hydrogen-bond donors (Lipinski definition) is 8. The van der Waals surface area contributed by atoms with Crippen molar-refractivity contribution in [2.24, 2.45) is 11.7 Å². The number of aliphatic carboxylic acids is 1. The molecule has 13 heteroatoms. The van der Waals surface area contributed by atoms with Crippen LogP contribution in [0.3, 0.4) is 0 Å². The molecule has 0 aliphatic rings. The summed E-state index contributed by atoms with van der Waals surface area (Å²) in [5.41, 5.74) is 6.47. The van der Waals surface area contributed by atoms with E-state index in [1.165, 1.54) is 19.4 Å². The fourth-order valence-corrected chi connectivity index (χ4v) is 3.07. The summed E-state index contributed by atoms with van der Waals surface area (Å²) in [5.74, 6) is -3.58. The van der Waals surface area contributed by atoms with Gasteiger partial charge in [0.2, 0.25) is 17.7 Å². The lowest BCUT2D eigenvalue weighted by molar-refractivity contribution is -0.142. The van der Waals surface area contributed by atoms with Crippen molar-refractivity contribution in [2.75, 3.05) is 5.75 Å². The molecule has 3 amide bonds. The Morgan fingerprint density at radius 1 is 1.09 bits per heavy atom. The number of amides is 3. The minimum atomic E-state index is -1.39. The quantitative estimate of drug-likeness (QED) is 0.153. The predicted octanol–water partition coefficient (Wildman–Crippen LogP) is -1.82. The highest BCUT2D eigenvalue weighted by molar-refractivity contribution is 7.80. The molecule has 1 rings (SSSR count). The maximum atomic E-state index is 12.7. The maximum Gasteiger partial charge on any atom is 0.326 e. The summed E-state index contributed by atoms with van der Waals surface area (Å²) in [6.45, 7) is 4.92. The number of imidazole rings is 1. The molecular formula is C19H32N6O6S. The first kappa shape index (κ1) is 27.4. The molecule has 12 nitrogen and oxygen atoms in total. The van der Waals surface area contributed by atoms with E-state index in [0.717, 1.165) is 0 Å². The van der Waals surface area contributed by atoms with Gasteiger partial charge in [0.25, 0.3) is 0 Å². The number of aromatic amines is 1. The molecule has 32 heavy (non-hydrogen) atoms. The monoisotopic (exact) mass is 472 g/mol. The first-order chi connectivity index (χ1) is 15.0. The number of H-pyrrole nitrogens is 1. The van der Waals surface area contributed by atoms with Gasteiger partial charge in [0.1, 0.15) is 18.1 Å². The van der Waals surface area contributed by atoms with Crippen molar-refractivity contribution < 1.29 is 29.4 Å². The molecule has 0 bridgehead atoms. The molecule has 0 aliphatic heterocycles. The van der Waals surface area contributed by atoms with Crippen LogP contribution in [0.1, 0.15) is 32.9 Å². The minimum Gasteiger partial charge on any atom is -0.480 e. The predicted molar refractivity (Wildman–Crippen MR) is 119 cm³/mol. The van der Waals surface area contributed by atoms with Crippen molar-refractivity contribution in [3.8, 4) is 0 Å². The van der Waals surface area contributed by atoms with Crippen LogP contribution >= 0.6 is 12.6 Å². The topological polar surface area (TPSA) is 200 Å². The number of hydrogen-bond acceptors (Lipinski definition) is 8. The number of carbonyl (C=O) groups is 4. The zero-order chi connectivity index (χ0) is 24.4. The van der Waals surface area contributed by atoms with E-state index in [9.17, 15) is 29.4 Å². The van der Waals surface area contributed by atoms with Gasteiger partial charge >= 0.3 is 5.97 Å². The lowest BCUT2D eigenvalue weighted by atomic mass is 10.0. The van der Waals surface area contributed by atoms with Crippen molar-refractivity contribution in [1.82, 2.24) is 25.9 Å². The Labute approximate surface area is 191 Å².